The largest absolute Gasteiger partial charge is 0.478 e. The molecule has 8 heteroatoms. The van der Waals surface area contributed by atoms with Gasteiger partial charge in [-0.1, -0.05) is 6.07 Å². The molecule has 0 saturated carbocycles. The maximum Gasteiger partial charge on any atom is 0.328 e. The zero-order chi connectivity index (χ0) is 14.5. The third-order valence-corrected chi connectivity index (χ3v) is 3.27. The number of carboxylic acid groups (broad SMARTS) is 1. The SMILES string of the molecule is CNS(=O)(=O)NCc1cc(/C=C/C(=O)O)ccc1F. The van der Waals surface area contributed by atoms with E-state index in [1.807, 2.05) is 4.72 Å². The zero-order valence-corrected chi connectivity index (χ0v) is 10.9. The first-order valence-corrected chi connectivity index (χ1v) is 6.70. The first-order chi connectivity index (χ1) is 8.84. The highest BCUT2D eigenvalue weighted by atomic mass is 32.2. The molecule has 0 unspecified atom stereocenters. The van der Waals surface area contributed by atoms with E-state index < -0.39 is 22.0 Å². The van der Waals surface area contributed by atoms with Crippen LogP contribution in [0.15, 0.2) is 24.3 Å². The minimum absolute atomic E-state index is 0.117. The second kappa shape index (κ2) is 6.41. The van der Waals surface area contributed by atoms with E-state index in [4.69, 9.17) is 5.11 Å². The van der Waals surface area contributed by atoms with Gasteiger partial charge in [0.25, 0.3) is 10.2 Å². The molecule has 1 aromatic rings. The highest BCUT2D eigenvalue weighted by Gasteiger charge is 2.08. The van der Waals surface area contributed by atoms with Crippen molar-refractivity contribution in [3.8, 4) is 0 Å². The van der Waals surface area contributed by atoms with Crippen molar-refractivity contribution in [2.45, 2.75) is 6.54 Å². The molecule has 0 spiro atoms. The number of hydrogen-bond acceptors (Lipinski definition) is 3. The van der Waals surface area contributed by atoms with E-state index in [0.717, 1.165) is 12.1 Å². The van der Waals surface area contributed by atoms with Crippen molar-refractivity contribution >= 4 is 22.3 Å². The van der Waals surface area contributed by atoms with Crippen LogP contribution in [0.4, 0.5) is 4.39 Å². The number of hydrogen-bond donors (Lipinski definition) is 3. The minimum atomic E-state index is -3.65. The molecular weight excluding hydrogens is 275 g/mol. The van der Waals surface area contributed by atoms with Crippen LogP contribution in [0, 0.1) is 5.82 Å². The molecule has 3 N–H and O–H groups in total. The van der Waals surface area contributed by atoms with Crippen molar-refractivity contribution in [2.75, 3.05) is 7.05 Å². The summed E-state index contributed by atoms with van der Waals surface area (Å²) in [7, 11) is -2.42. The Hall–Kier alpha value is -1.77. The number of halogens is 1. The summed E-state index contributed by atoms with van der Waals surface area (Å²) in [5.74, 6) is -1.70. The van der Waals surface area contributed by atoms with E-state index in [0.29, 0.717) is 5.56 Å². The molecule has 0 aliphatic rings. The molecule has 0 radical (unpaired) electrons. The first-order valence-electron chi connectivity index (χ1n) is 5.21. The lowest BCUT2D eigenvalue weighted by Gasteiger charge is -2.07. The molecular formula is C11H13FN2O4S. The van der Waals surface area contributed by atoms with Gasteiger partial charge in [-0.15, -0.1) is 0 Å². The monoisotopic (exact) mass is 288 g/mol. The van der Waals surface area contributed by atoms with E-state index >= 15 is 0 Å². The minimum Gasteiger partial charge on any atom is -0.478 e. The van der Waals surface area contributed by atoms with Crippen LogP contribution in [0.2, 0.25) is 0 Å². The summed E-state index contributed by atoms with van der Waals surface area (Å²) < 4.78 is 39.9. The van der Waals surface area contributed by atoms with Crippen LogP contribution in [0.25, 0.3) is 6.08 Å². The number of benzene rings is 1. The Bertz CT molecular complexity index is 599. The maximum absolute atomic E-state index is 13.5. The Morgan fingerprint density at radius 2 is 2.16 bits per heavy atom. The number of carboxylic acids is 1. The number of rotatable bonds is 6. The van der Waals surface area contributed by atoms with Crippen molar-refractivity contribution in [2.24, 2.45) is 0 Å². The summed E-state index contributed by atoms with van der Waals surface area (Å²) in [5.41, 5.74) is 0.578. The first kappa shape index (κ1) is 15.3. The van der Waals surface area contributed by atoms with Gasteiger partial charge in [-0.3, -0.25) is 0 Å². The Kier molecular flexibility index (Phi) is 5.16. The molecule has 19 heavy (non-hydrogen) atoms. The van der Waals surface area contributed by atoms with Gasteiger partial charge in [-0.2, -0.15) is 13.1 Å². The number of aliphatic carboxylic acids is 1. The third kappa shape index (κ3) is 5.16. The summed E-state index contributed by atoms with van der Waals surface area (Å²) in [6.07, 6.45) is 2.20. The van der Waals surface area contributed by atoms with E-state index in [-0.39, 0.29) is 12.1 Å². The van der Waals surface area contributed by atoms with Crippen LogP contribution in [-0.2, 0) is 21.5 Å². The Morgan fingerprint density at radius 1 is 1.47 bits per heavy atom. The molecule has 1 aromatic carbocycles. The fourth-order valence-electron chi connectivity index (χ4n) is 1.25. The van der Waals surface area contributed by atoms with Gasteiger partial charge in [0.1, 0.15) is 5.82 Å². The average Bonchev–Trinajstić information content (AvgIpc) is 2.36. The van der Waals surface area contributed by atoms with Crippen LogP contribution in [-0.4, -0.2) is 26.5 Å². The average molecular weight is 288 g/mol. The highest BCUT2D eigenvalue weighted by Crippen LogP contribution is 2.12. The summed E-state index contributed by atoms with van der Waals surface area (Å²) >= 11 is 0. The second-order valence-electron chi connectivity index (χ2n) is 3.55. The molecule has 1 rings (SSSR count). The lowest BCUT2D eigenvalue weighted by Crippen LogP contribution is -2.33. The third-order valence-electron chi connectivity index (χ3n) is 2.21. The van der Waals surface area contributed by atoms with Crippen LogP contribution in [0.5, 0.6) is 0 Å². The number of carbonyl (C=O) groups is 1. The number of nitrogens with one attached hydrogen (secondary N) is 2. The predicted molar refractivity (Wildman–Crippen MR) is 67.9 cm³/mol. The zero-order valence-electron chi connectivity index (χ0n) is 10.1. The molecule has 0 amide bonds. The topological polar surface area (TPSA) is 95.5 Å². The molecule has 0 aliphatic heterocycles. The fourth-order valence-corrected chi connectivity index (χ4v) is 1.74. The summed E-state index contributed by atoms with van der Waals surface area (Å²) in [6.45, 7) is -0.232. The van der Waals surface area contributed by atoms with Crippen molar-refractivity contribution in [3.05, 3.63) is 41.2 Å². The molecule has 0 atom stereocenters. The Labute approximate surface area is 110 Å². The van der Waals surface area contributed by atoms with Crippen molar-refractivity contribution in [3.63, 3.8) is 0 Å². The van der Waals surface area contributed by atoms with Gasteiger partial charge in [0, 0.05) is 25.2 Å². The van der Waals surface area contributed by atoms with Gasteiger partial charge in [0.05, 0.1) is 0 Å². The van der Waals surface area contributed by atoms with E-state index in [2.05, 4.69) is 4.72 Å². The van der Waals surface area contributed by atoms with E-state index in [9.17, 15) is 17.6 Å². The summed E-state index contributed by atoms with van der Waals surface area (Å²) in [4.78, 5) is 10.4. The van der Waals surface area contributed by atoms with Crippen LogP contribution < -0.4 is 9.44 Å². The van der Waals surface area contributed by atoms with Crippen LogP contribution in [0.3, 0.4) is 0 Å². The fraction of sp³-hybridized carbons (Fsp3) is 0.182. The van der Waals surface area contributed by atoms with E-state index in [1.165, 1.54) is 25.3 Å². The second-order valence-corrected chi connectivity index (χ2v) is 5.25. The van der Waals surface area contributed by atoms with Gasteiger partial charge in [0.15, 0.2) is 0 Å². The van der Waals surface area contributed by atoms with Gasteiger partial charge >= 0.3 is 5.97 Å². The van der Waals surface area contributed by atoms with Crippen molar-refractivity contribution < 1.29 is 22.7 Å². The molecule has 0 aliphatic carbocycles. The highest BCUT2D eigenvalue weighted by molar-refractivity contribution is 7.87. The van der Waals surface area contributed by atoms with Gasteiger partial charge < -0.3 is 5.11 Å². The predicted octanol–water partition coefficient (Wildman–Crippen LogP) is 0.477. The summed E-state index contributed by atoms with van der Waals surface area (Å²) in [5, 5.41) is 8.48. The molecule has 0 bridgehead atoms. The van der Waals surface area contributed by atoms with Crippen LogP contribution >= 0.6 is 0 Å². The normalized spacial score (nSPS) is 11.9. The Morgan fingerprint density at radius 3 is 2.74 bits per heavy atom. The molecule has 0 fully saturated rings. The van der Waals surface area contributed by atoms with Crippen molar-refractivity contribution in [1.29, 1.82) is 0 Å². The lowest BCUT2D eigenvalue weighted by atomic mass is 10.1. The van der Waals surface area contributed by atoms with Gasteiger partial charge in [-0.25, -0.2) is 13.9 Å². The molecule has 104 valence electrons. The lowest BCUT2D eigenvalue weighted by molar-refractivity contribution is -0.131. The standard InChI is InChI=1S/C11H13FN2O4S/c1-13-19(17,18)14-7-9-6-8(2-4-10(9)12)3-5-11(15)16/h2-6,13-14H,7H2,1H3,(H,15,16)/b5-3+. The van der Waals surface area contributed by atoms with Gasteiger partial charge in [0.2, 0.25) is 0 Å². The molecule has 6 nitrogen and oxygen atoms in total. The molecule has 0 heterocycles. The molecule has 0 aromatic heterocycles. The maximum atomic E-state index is 13.5. The van der Waals surface area contributed by atoms with E-state index in [1.54, 1.807) is 0 Å². The van der Waals surface area contributed by atoms with Crippen molar-refractivity contribution in [1.82, 2.24) is 9.44 Å². The van der Waals surface area contributed by atoms with Crippen LogP contribution in [0.1, 0.15) is 11.1 Å². The quantitative estimate of drug-likeness (QED) is 0.663. The smallest absolute Gasteiger partial charge is 0.328 e. The Balaban J connectivity index is 2.89. The van der Waals surface area contributed by atoms with Gasteiger partial charge in [-0.05, 0) is 23.8 Å². The molecule has 0 saturated heterocycles. The summed E-state index contributed by atoms with van der Waals surface area (Å²) in [6, 6.07) is 3.91.